The van der Waals surface area contributed by atoms with Crippen molar-refractivity contribution >= 4 is 5.97 Å². The number of esters is 1. The van der Waals surface area contributed by atoms with Gasteiger partial charge in [0.25, 0.3) is 0 Å². The number of hydrogen-bond acceptors (Lipinski definition) is 3. The summed E-state index contributed by atoms with van der Waals surface area (Å²) < 4.78 is 4.77. The third-order valence-corrected chi connectivity index (χ3v) is 3.64. The molecule has 0 bridgehead atoms. The Morgan fingerprint density at radius 2 is 2.00 bits per heavy atom. The van der Waals surface area contributed by atoms with Crippen LogP contribution in [-0.2, 0) is 9.53 Å². The van der Waals surface area contributed by atoms with Crippen LogP contribution < -0.4 is 5.32 Å². The fourth-order valence-corrected chi connectivity index (χ4v) is 2.82. The van der Waals surface area contributed by atoms with E-state index < -0.39 is 0 Å². The zero-order valence-corrected chi connectivity index (χ0v) is 8.79. The number of carbonyl (C=O) groups excluding carboxylic acids is 1. The van der Waals surface area contributed by atoms with E-state index in [1.165, 1.54) is 39.2 Å². The van der Waals surface area contributed by atoms with Gasteiger partial charge < -0.3 is 10.1 Å². The first-order valence-electron chi connectivity index (χ1n) is 5.65. The van der Waals surface area contributed by atoms with Gasteiger partial charge in [0.1, 0.15) is 6.04 Å². The van der Waals surface area contributed by atoms with Crippen molar-refractivity contribution in [2.24, 2.45) is 5.92 Å². The largest absolute Gasteiger partial charge is 0.468 e. The van der Waals surface area contributed by atoms with Crippen LogP contribution in [0, 0.1) is 5.92 Å². The van der Waals surface area contributed by atoms with Crippen molar-refractivity contribution in [2.45, 2.75) is 50.6 Å². The molecule has 2 aliphatic rings. The molecule has 2 fully saturated rings. The molecule has 3 heteroatoms. The molecular weight excluding hydrogens is 178 g/mol. The maximum Gasteiger partial charge on any atom is 0.322 e. The molecule has 0 amide bonds. The SMILES string of the molecule is COC(=O)[C@H]1CC[C@@H]2CCCC[C@@H]2N1. The lowest BCUT2D eigenvalue weighted by Crippen LogP contribution is -2.52. The van der Waals surface area contributed by atoms with Crippen molar-refractivity contribution in [2.75, 3.05) is 7.11 Å². The molecular formula is C11H19NO2. The van der Waals surface area contributed by atoms with Gasteiger partial charge in [-0.25, -0.2) is 0 Å². The zero-order chi connectivity index (χ0) is 9.97. The predicted octanol–water partition coefficient (Wildman–Crippen LogP) is 1.47. The van der Waals surface area contributed by atoms with E-state index in [-0.39, 0.29) is 12.0 Å². The van der Waals surface area contributed by atoms with Crippen LogP contribution in [0.2, 0.25) is 0 Å². The number of carbonyl (C=O) groups is 1. The highest BCUT2D eigenvalue weighted by atomic mass is 16.5. The molecule has 0 aromatic heterocycles. The summed E-state index contributed by atoms with van der Waals surface area (Å²) in [5, 5.41) is 3.43. The summed E-state index contributed by atoms with van der Waals surface area (Å²) in [7, 11) is 1.47. The minimum absolute atomic E-state index is 0.0423. The van der Waals surface area contributed by atoms with Crippen LogP contribution in [0.5, 0.6) is 0 Å². The van der Waals surface area contributed by atoms with Crippen LogP contribution in [0.15, 0.2) is 0 Å². The molecule has 3 nitrogen and oxygen atoms in total. The second kappa shape index (κ2) is 4.30. The minimum atomic E-state index is -0.0889. The maximum absolute atomic E-state index is 11.4. The summed E-state index contributed by atoms with van der Waals surface area (Å²) in [4.78, 5) is 11.4. The highest BCUT2D eigenvalue weighted by Gasteiger charge is 2.34. The summed E-state index contributed by atoms with van der Waals surface area (Å²) in [6.45, 7) is 0. The molecule has 80 valence electrons. The van der Waals surface area contributed by atoms with Gasteiger partial charge in [-0.15, -0.1) is 0 Å². The van der Waals surface area contributed by atoms with Crippen molar-refractivity contribution in [3.63, 3.8) is 0 Å². The first-order chi connectivity index (χ1) is 6.81. The quantitative estimate of drug-likeness (QED) is 0.647. The Hall–Kier alpha value is -0.570. The Morgan fingerprint density at radius 3 is 2.79 bits per heavy atom. The third kappa shape index (κ3) is 1.92. The third-order valence-electron chi connectivity index (χ3n) is 3.64. The Kier molecular flexibility index (Phi) is 3.06. The average Bonchev–Trinajstić information content (AvgIpc) is 2.27. The second-order valence-corrected chi connectivity index (χ2v) is 4.47. The van der Waals surface area contributed by atoms with Crippen LogP contribution in [-0.4, -0.2) is 25.2 Å². The van der Waals surface area contributed by atoms with Crippen LogP contribution >= 0.6 is 0 Å². The molecule has 0 aromatic carbocycles. The number of methoxy groups -OCH3 is 1. The molecule has 3 atom stereocenters. The Morgan fingerprint density at radius 1 is 1.21 bits per heavy atom. The van der Waals surface area contributed by atoms with Crippen LogP contribution in [0.25, 0.3) is 0 Å². The molecule has 1 heterocycles. The van der Waals surface area contributed by atoms with E-state index in [4.69, 9.17) is 4.74 Å². The summed E-state index contributed by atoms with van der Waals surface area (Å²) >= 11 is 0. The number of ether oxygens (including phenoxy) is 1. The summed E-state index contributed by atoms with van der Waals surface area (Å²) in [6.07, 6.45) is 7.39. The van der Waals surface area contributed by atoms with E-state index in [1.54, 1.807) is 0 Å². The van der Waals surface area contributed by atoms with E-state index in [1.807, 2.05) is 0 Å². The van der Waals surface area contributed by atoms with Gasteiger partial charge >= 0.3 is 5.97 Å². The van der Waals surface area contributed by atoms with Crippen molar-refractivity contribution in [1.82, 2.24) is 5.32 Å². The molecule has 1 aliphatic heterocycles. The monoisotopic (exact) mass is 197 g/mol. The van der Waals surface area contributed by atoms with E-state index >= 15 is 0 Å². The standard InChI is InChI=1S/C11H19NO2/c1-14-11(13)10-7-6-8-4-2-3-5-9(8)12-10/h8-10,12H,2-7H2,1H3/t8-,9-,10+/m0/s1. The van der Waals surface area contributed by atoms with Crippen molar-refractivity contribution in [3.8, 4) is 0 Å². The average molecular weight is 197 g/mol. The number of nitrogens with one attached hydrogen (secondary N) is 1. The van der Waals surface area contributed by atoms with Crippen LogP contribution in [0.3, 0.4) is 0 Å². The maximum atomic E-state index is 11.4. The van der Waals surface area contributed by atoms with E-state index in [2.05, 4.69) is 5.32 Å². The van der Waals surface area contributed by atoms with E-state index in [0.717, 1.165) is 12.3 Å². The Bertz CT molecular complexity index is 217. The van der Waals surface area contributed by atoms with Crippen molar-refractivity contribution in [3.05, 3.63) is 0 Å². The van der Waals surface area contributed by atoms with Gasteiger partial charge in [0.05, 0.1) is 7.11 Å². The van der Waals surface area contributed by atoms with Gasteiger partial charge in [-0.05, 0) is 31.6 Å². The van der Waals surface area contributed by atoms with E-state index in [9.17, 15) is 4.79 Å². The summed E-state index contributed by atoms with van der Waals surface area (Å²) in [5.41, 5.74) is 0. The molecule has 14 heavy (non-hydrogen) atoms. The van der Waals surface area contributed by atoms with Gasteiger partial charge in [0, 0.05) is 6.04 Å². The highest BCUT2D eigenvalue weighted by Crippen LogP contribution is 2.32. The first-order valence-corrected chi connectivity index (χ1v) is 5.65. The van der Waals surface area contributed by atoms with Gasteiger partial charge in [-0.1, -0.05) is 12.8 Å². The van der Waals surface area contributed by atoms with Gasteiger partial charge in [0.2, 0.25) is 0 Å². The topological polar surface area (TPSA) is 38.3 Å². The van der Waals surface area contributed by atoms with E-state index in [0.29, 0.717) is 6.04 Å². The van der Waals surface area contributed by atoms with Crippen LogP contribution in [0.1, 0.15) is 38.5 Å². The van der Waals surface area contributed by atoms with Gasteiger partial charge in [-0.3, -0.25) is 4.79 Å². The number of fused-ring (bicyclic) bond motifs is 1. The fraction of sp³-hybridized carbons (Fsp3) is 0.909. The number of rotatable bonds is 1. The molecule has 1 N–H and O–H groups in total. The fourth-order valence-electron chi connectivity index (χ4n) is 2.82. The van der Waals surface area contributed by atoms with Crippen LogP contribution in [0.4, 0.5) is 0 Å². The molecule has 0 aromatic rings. The summed E-state index contributed by atoms with van der Waals surface area (Å²) in [6, 6.07) is 0.529. The Balaban J connectivity index is 1.92. The highest BCUT2D eigenvalue weighted by molar-refractivity contribution is 5.75. The molecule has 0 unspecified atom stereocenters. The zero-order valence-electron chi connectivity index (χ0n) is 8.79. The smallest absolute Gasteiger partial charge is 0.322 e. The molecule has 0 radical (unpaired) electrons. The lowest BCUT2D eigenvalue weighted by molar-refractivity contribution is -0.144. The Labute approximate surface area is 85.2 Å². The minimum Gasteiger partial charge on any atom is -0.468 e. The van der Waals surface area contributed by atoms with Crippen molar-refractivity contribution in [1.29, 1.82) is 0 Å². The predicted molar refractivity (Wildman–Crippen MR) is 53.9 cm³/mol. The lowest BCUT2D eigenvalue weighted by Gasteiger charge is -2.39. The van der Waals surface area contributed by atoms with Gasteiger partial charge in [0.15, 0.2) is 0 Å². The molecule has 0 spiro atoms. The lowest BCUT2D eigenvalue weighted by atomic mass is 9.78. The molecule has 1 aliphatic carbocycles. The normalized spacial score (nSPS) is 37.4. The molecule has 2 rings (SSSR count). The second-order valence-electron chi connectivity index (χ2n) is 4.47. The first kappa shape index (κ1) is 9.97. The number of piperidine rings is 1. The molecule has 1 saturated heterocycles. The van der Waals surface area contributed by atoms with Crippen molar-refractivity contribution < 1.29 is 9.53 Å². The summed E-state index contributed by atoms with van der Waals surface area (Å²) in [5.74, 6) is 0.721. The molecule has 1 saturated carbocycles. The van der Waals surface area contributed by atoms with Gasteiger partial charge in [-0.2, -0.15) is 0 Å². The number of hydrogen-bond donors (Lipinski definition) is 1.